The third-order valence-electron chi connectivity index (χ3n) is 12.8. The van der Waals surface area contributed by atoms with Crippen LogP contribution >= 0.6 is 0 Å². The molecule has 10 rings (SSSR count). The molecule has 65 heavy (non-hydrogen) atoms. The average Bonchev–Trinajstić information content (AvgIpc) is 3.29. The summed E-state index contributed by atoms with van der Waals surface area (Å²) in [5, 5.41) is 0. The molecule has 2 aromatic heterocycles. The molecule has 6 aromatic carbocycles. The average molecular weight is 851 g/mol. The first kappa shape index (κ1) is 41.4. The number of hydrogen-bond donors (Lipinski definition) is 0. The number of rotatable bonds is 14. The first-order valence-electron chi connectivity index (χ1n) is 22.3. The summed E-state index contributed by atoms with van der Waals surface area (Å²) in [6, 6.07) is 42.5. The van der Waals surface area contributed by atoms with Crippen molar-refractivity contribution in [3.63, 3.8) is 0 Å². The molecule has 0 saturated carbocycles. The Balaban J connectivity index is 0.962. The molecule has 0 atom stereocenters. The number of aryl methyl sites for hydroxylation is 6. The Morgan fingerprint density at radius 3 is 1.17 bits per heavy atom. The minimum absolute atomic E-state index is 0.239. The van der Waals surface area contributed by atoms with Crippen LogP contribution in [0, 0.1) is 13.8 Å². The van der Waals surface area contributed by atoms with Crippen LogP contribution in [0.2, 0.25) is 0 Å². The normalized spacial score (nSPS) is 12.6. The van der Waals surface area contributed by atoms with Gasteiger partial charge in [-0.05, 0) is 121 Å². The molecule has 0 fully saturated rings. The van der Waals surface area contributed by atoms with Crippen LogP contribution < -0.4 is 9.47 Å². The van der Waals surface area contributed by atoms with Crippen LogP contribution in [-0.4, -0.2) is 29.9 Å². The number of fused-ring (bicyclic) bond motifs is 2. The molecule has 2 aliphatic carbocycles. The van der Waals surface area contributed by atoms with Gasteiger partial charge in [-0.25, -0.2) is 9.97 Å². The summed E-state index contributed by atoms with van der Waals surface area (Å²) in [6.07, 6.45) is 9.32. The van der Waals surface area contributed by atoms with E-state index >= 15 is 0 Å². The van der Waals surface area contributed by atoms with E-state index in [9.17, 15) is 0 Å². The Hall–Kier alpha value is -7.58. The van der Waals surface area contributed by atoms with Crippen molar-refractivity contribution in [1.29, 1.82) is 0 Å². The van der Waals surface area contributed by atoms with Gasteiger partial charge in [0.25, 0.3) is 0 Å². The molecule has 2 heterocycles. The van der Waals surface area contributed by atoms with Crippen molar-refractivity contribution < 1.29 is 9.47 Å². The molecule has 0 unspecified atom stereocenters. The fourth-order valence-electron chi connectivity index (χ4n) is 8.52. The second kappa shape index (κ2) is 17.2. The first-order valence-corrected chi connectivity index (χ1v) is 22.3. The van der Waals surface area contributed by atoms with Gasteiger partial charge in [0.2, 0.25) is 0 Å². The largest absolute Gasteiger partial charge is 0.424 e. The summed E-state index contributed by atoms with van der Waals surface area (Å²) in [4.78, 5) is 29.3. The lowest BCUT2D eigenvalue weighted by Gasteiger charge is -2.28. The van der Waals surface area contributed by atoms with Crippen LogP contribution in [0.1, 0.15) is 69.5 Å². The Morgan fingerprint density at radius 1 is 0.446 bits per heavy atom. The standard InChI is InChI=1S/C57H50N6O2/c1-7-9-43-33-47(27-29-49(43)64-55-60-51(39-15-11-35(3)12-16-39)58-53(62-55)45-25-21-37-19-23-41(37)31-45)57(5,6)48-28-30-50(44(34-48)10-8-2)65-56-61-52(40-17-13-36(4)14-18-40)59-54(63-56)46-26-22-38-20-24-42(38)32-46/h7-8,11-18,21-22,25-34H,1-2,9-10,19-20,23-24H2,3-6H3. The lowest BCUT2D eigenvalue weighted by Crippen LogP contribution is -2.19. The van der Waals surface area contributed by atoms with E-state index in [1.54, 1.807) is 0 Å². The summed E-state index contributed by atoms with van der Waals surface area (Å²) in [5.41, 5.74) is 15.2. The number of allylic oxidation sites excluding steroid dienone is 2. The zero-order valence-corrected chi connectivity index (χ0v) is 37.4. The van der Waals surface area contributed by atoms with Crippen molar-refractivity contribution in [3.05, 3.63) is 202 Å². The van der Waals surface area contributed by atoms with E-state index in [2.05, 4.69) is 126 Å². The SMILES string of the molecule is C=CCc1cc(C(C)(C)c2ccc(Oc3nc(-c4ccc(C)cc4)nc(-c4ccc5c(c4)CC5)n3)c(CC=C)c2)ccc1Oc1nc(-c2ccc(C)cc2)nc(-c2ccc3c(c2)CC3)n1. The molecular formula is C57H50N6O2. The first-order chi connectivity index (χ1) is 31.6. The minimum atomic E-state index is -0.412. The van der Waals surface area contributed by atoms with Crippen molar-refractivity contribution in [2.45, 2.75) is 71.6 Å². The highest BCUT2D eigenvalue weighted by Gasteiger charge is 2.27. The van der Waals surface area contributed by atoms with E-state index in [1.807, 2.05) is 48.6 Å². The highest BCUT2D eigenvalue weighted by atomic mass is 16.5. The third-order valence-corrected chi connectivity index (χ3v) is 12.8. The fraction of sp³-hybridized carbons (Fsp3) is 0.193. The number of benzene rings is 6. The number of aromatic nitrogens is 6. The van der Waals surface area contributed by atoms with Gasteiger partial charge in [-0.3, -0.25) is 0 Å². The van der Waals surface area contributed by atoms with Gasteiger partial charge in [0.05, 0.1) is 0 Å². The second-order valence-electron chi connectivity index (χ2n) is 17.7. The molecule has 2 aliphatic rings. The maximum atomic E-state index is 6.61. The molecule has 0 radical (unpaired) electrons. The Kier molecular flexibility index (Phi) is 11.0. The van der Waals surface area contributed by atoms with Gasteiger partial charge in [0.1, 0.15) is 11.5 Å². The quantitative estimate of drug-likeness (QED) is 0.0998. The Labute approximate surface area is 380 Å². The third kappa shape index (κ3) is 8.47. The zero-order valence-electron chi connectivity index (χ0n) is 37.4. The van der Waals surface area contributed by atoms with Gasteiger partial charge < -0.3 is 9.47 Å². The van der Waals surface area contributed by atoms with E-state index in [0.717, 1.165) is 81.3 Å². The van der Waals surface area contributed by atoms with E-state index < -0.39 is 5.41 Å². The second-order valence-corrected chi connectivity index (χ2v) is 17.7. The molecule has 8 aromatic rings. The molecule has 0 N–H and O–H groups in total. The van der Waals surface area contributed by atoms with Gasteiger partial charge in [-0.15, -0.1) is 13.2 Å². The van der Waals surface area contributed by atoms with E-state index in [1.165, 1.54) is 22.3 Å². The molecule has 8 nitrogen and oxygen atoms in total. The van der Waals surface area contributed by atoms with E-state index in [4.69, 9.17) is 39.4 Å². The van der Waals surface area contributed by atoms with Crippen LogP contribution in [0.3, 0.4) is 0 Å². The summed E-state index contributed by atoms with van der Waals surface area (Å²) in [7, 11) is 0. The highest BCUT2D eigenvalue weighted by Crippen LogP contribution is 2.39. The van der Waals surface area contributed by atoms with Crippen LogP contribution in [0.4, 0.5) is 0 Å². The van der Waals surface area contributed by atoms with Crippen molar-refractivity contribution in [2.75, 3.05) is 0 Å². The van der Waals surface area contributed by atoms with E-state index in [0.29, 0.717) is 47.6 Å². The predicted molar refractivity (Wildman–Crippen MR) is 259 cm³/mol. The number of nitrogens with zero attached hydrogens (tertiary/aromatic N) is 6. The van der Waals surface area contributed by atoms with Crippen molar-refractivity contribution in [1.82, 2.24) is 29.9 Å². The number of ether oxygens (including phenoxy) is 2. The molecule has 0 aliphatic heterocycles. The van der Waals surface area contributed by atoms with Gasteiger partial charge in [0, 0.05) is 27.7 Å². The summed E-state index contributed by atoms with van der Waals surface area (Å²) in [5.74, 6) is 3.61. The monoisotopic (exact) mass is 850 g/mol. The molecule has 8 heteroatoms. The van der Waals surface area contributed by atoms with Crippen molar-refractivity contribution >= 4 is 0 Å². The summed E-state index contributed by atoms with van der Waals surface area (Å²) < 4.78 is 13.2. The number of hydrogen-bond acceptors (Lipinski definition) is 8. The Morgan fingerprint density at radius 2 is 0.815 bits per heavy atom. The van der Waals surface area contributed by atoms with Crippen LogP contribution in [-0.2, 0) is 43.9 Å². The topological polar surface area (TPSA) is 95.8 Å². The lowest BCUT2D eigenvalue weighted by atomic mass is 9.77. The predicted octanol–water partition coefficient (Wildman–Crippen LogP) is 12.9. The molecule has 320 valence electrons. The molecule has 0 amide bonds. The molecular weight excluding hydrogens is 801 g/mol. The summed E-state index contributed by atoms with van der Waals surface area (Å²) in [6.45, 7) is 16.8. The van der Waals surface area contributed by atoms with Gasteiger partial charge >= 0.3 is 12.0 Å². The molecule has 0 saturated heterocycles. The summed E-state index contributed by atoms with van der Waals surface area (Å²) >= 11 is 0. The minimum Gasteiger partial charge on any atom is -0.424 e. The van der Waals surface area contributed by atoms with E-state index in [-0.39, 0.29) is 12.0 Å². The maximum Gasteiger partial charge on any atom is 0.326 e. The van der Waals surface area contributed by atoms with Gasteiger partial charge in [-0.2, -0.15) is 19.9 Å². The zero-order chi connectivity index (χ0) is 44.7. The van der Waals surface area contributed by atoms with Crippen LogP contribution in [0.25, 0.3) is 45.6 Å². The lowest BCUT2D eigenvalue weighted by molar-refractivity contribution is 0.436. The van der Waals surface area contributed by atoms with Crippen LogP contribution in [0.5, 0.6) is 23.5 Å². The van der Waals surface area contributed by atoms with Crippen molar-refractivity contribution in [3.8, 4) is 69.1 Å². The van der Waals surface area contributed by atoms with Crippen molar-refractivity contribution in [2.24, 2.45) is 0 Å². The van der Waals surface area contributed by atoms with Gasteiger partial charge in [-0.1, -0.05) is 134 Å². The smallest absolute Gasteiger partial charge is 0.326 e. The van der Waals surface area contributed by atoms with Crippen LogP contribution in [0.15, 0.2) is 147 Å². The Bertz CT molecular complexity index is 2930. The van der Waals surface area contributed by atoms with Gasteiger partial charge in [0.15, 0.2) is 23.3 Å². The molecule has 0 spiro atoms. The highest BCUT2D eigenvalue weighted by molar-refractivity contribution is 5.65. The molecule has 0 bridgehead atoms. The fourth-order valence-corrected chi connectivity index (χ4v) is 8.52. The maximum absolute atomic E-state index is 6.61.